The Bertz CT molecular complexity index is 2790. The zero-order valence-electron chi connectivity index (χ0n) is 48.0. The van der Waals surface area contributed by atoms with E-state index in [1.807, 2.05) is 0 Å². The molecule has 0 heterocycles. The molecule has 0 bridgehead atoms. The molecule has 6 aliphatic rings. The van der Waals surface area contributed by atoms with E-state index in [1.54, 1.807) is 22.3 Å². The van der Waals surface area contributed by atoms with Crippen LogP contribution in [0.25, 0.3) is 0 Å². The molecule has 0 radical (unpaired) electrons. The molecule has 6 unspecified atom stereocenters. The number of hydrogen-bond donors (Lipinski definition) is 0. The Kier molecular flexibility index (Phi) is 12.9. The number of hydrogen-bond acceptors (Lipinski definition) is 5. The summed E-state index contributed by atoms with van der Waals surface area (Å²) in [4.78, 5) is 0. The van der Waals surface area contributed by atoms with E-state index in [1.165, 1.54) is 27.8 Å². The van der Waals surface area contributed by atoms with Crippen LogP contribution in [-0.4, -0.2) is 33.0 Å². The highest BCUT2D eigenvalue weighted by Gasteiger charge is 2.82. The third-order valence-electron chi connectivity index (χ3n) is 22.8. The zero-order valence-corrected chi connectivity index (χ0v) is 48.0. The van der Waals surface area contributed by atoms with Crippen molar-refractivity contribution in [1.82, 2.24) is 0 Å². The van der Waals surface area contributed by atoms with Gasteiger partial charge in [-0.2, -0.15) is 0 Å². The van der Waals surface area contributed by atoms with Gasteiger partial charge in [0.2, 0.25) is 0 Å². The normalized spacial score (nSPS) is 37.0. The first-order valence-corrected chi connectivity index (χ1v) is 29.3. The molecular weight excluding hydrogens is 921 g/mol. The summed E-state index contributed by atoms with van der Waals surface area (Å²) in [5.74, 6) is 7.36. The van der Waals surface area contributed by atoms with Crippen LogP contribution in [0.15, 0.2) is 144 Å². The predicted octanol–water partition coefficient (Wildman–Crippen LogP) is 16.3. The lowest BCUT2D eigenvalue weighted by Gasteiger charge is -2.72. The van der Waals surface area contributed by atoms with Crippen molar-refractivity contribution < 1.29 is 23.7 Å². The van der Waals surface area contributed by atoms with Crippen molar-refractivity contribution in [2.45, 2.75) is 131 Å². The highest BCUT2D eigenvalue weighted by Crippen LogP contribution is 2.86. The third-order valence-corrected chi connectivity index (χ3v) is 22.8. The van der Waals surface area contributed by atoms with E-state index in [0.29, 0.717) is 33.0 Å². The quantitative estimate of drug-likeness (QED) is 0.105. The fourth-order valence-electron chi connectivity index (χ4n) is 19.8. The van der Waals surface area contributed by atoms with Gasteiger partial charge in [-0.25, -0.2) is 0 Å². The molecule has 0 aromatic heterocycles. The topological polar surface area (TPSA) is 46.2 Å². The first-order chi connectivity index (χ1) is 36.1. The van der Waals surface area contributed by atoms with Crippen LogP contribution in [0.3, 0.4) is 0 Å². The molecular formula is C70H86O5. The minimum Gasteiger partial charge on any atom is -0.494 e. The van der Waals surface area contributed by atoms with Gasteiger partial charge in [-0.05, 0) is 205 Å². The van der Waals surface area contributed by atoms with Gasteiger partial charge in [0.25, 0.3) is 0 Å². The molecule has 3 fully saturated rings. The fourth-order valence-corrected chi connectivity index (χ4v) is 19.8. The Morgan fingerprint density at radius 3 is 0.707 bits per heavy atom. The first kappa shape index (κ1) is 51.7. The molecule has 5 aromatic carbocycles. The lowest BCUT2D eigenvalue weighted by atomic mass is 9.30. The van der Waals surface area contributed by atoms with Crippen molar-refractivity contribution in [3.63, 3.8) is 0 Å². The maximum absolute atomic E-state index is 6.28. The first-order valence-electron chi connectivity index (χ1n) is 29.3. The van der Waals surface area contributed by atoms with Crippen LogP contribution in [0, 0.1) is 65.1 Å². The molecule has 16 atom stereocenters. The summed E-state index contributed by atoms with van der Waals surface area (Å²) in [6.07, 6.45) is 0. The van der Waals surface area contributed by atoms with Crippen LogP contribution in [0.2, 0.25) is 0 Å². The summed E-state index contributed by atoms with van der Waals surface area (Å²) in [5, 5.41) is 0. The summed E-state index contributed by atoms with van der Waals surface area (Å²) in [6.45, 7) is 40.4. The minimum absolute atomic E-state index is 0.0857. The molecule has 3 saturated carbocycles. The van der Waals surface area contributed by atoms with Crippen molar-refractivity contribution in [1.29, 1.82) is 0 Å². The second-order valence-electron chi connectivity index (χ2n) is 24.1. The van der Waals surface area contributed by atoms with Crippen LogP contribution in [0.5, 0.6) is 28.7 Å². The molecule has 0 aliphatic heterocycles. The van der Waals surface area contributed by atoms with E-state index < -0.39 is 0 Å². The average Bonchev–Trinajstić information content (AvgIpc) is 3.74. The predicted molar refractivity (Wildman–Crippen MR) is 306 cm³/mol. The maximum atomic E-state index is 6.28. The summed E-state index contributed by atoms with van der Waals surface area (Å²) >= 11 is 0. The van der Waals surface area contributed by atoms with E-state index >= 15 is 0 Å². The molecule has 11 rings (SSSR count). The third kappa shape index (κ3) is 6.31. The Morgan fingerprint density at radius 1 is 0.267 bits per heavy atom. The van der Waals surface area contributed by atoms with Gasteiger partial charge in [0.05, 0.1) is 33.0 Å². The number of allylic oxidation sites excluding steroid dienone is 4. The van der Waals surface area contributed by atoms with Crippen molar-refractivity contribution in [3.8, 4) is 28.7 Å². The standard InChI is InChI=1S/C70H86O5/c1-16-71-56-31-21-51(22-32-56)66-41(6)43(8)67(52-23-33-57(34-24-52)72-17-2)45(10)47(12)69(54-27-37-59(38-28-54)74-19-4)49(14)50(15)70(55-29-39-60(40-30-55)75-20-5)48(13)46(11)68(44(9)42(66)7,53-25-35-58(36-26-53)73-18-3)63-61(66)62(67)64(69)65(63)70/h21-50,61H,16-20H2,1-15H3/t41-,42+,43+,44-,45-,46+,47+,48-,49-,50+,61?,66?,67?,68?,69?,70?. The molecule has 6 aliphatic carbocycles. The van der Waals surface area contributed by atoms with Crippen molar-refractivity contribution in [2.75, 3.05) is 33.0 Å². The molecule has 0 N–H and O–H groups in total. The molecule has 5 heteroatoms. The van der Waals surface area contributed by atoms with Crippen LogP contribution in [-0.2, 0) is 27.1 Å². The minimum atomic E-state index is -0.343. The molecule has 5 aromatic rings. The number of rotatable bonds is 15. The lowest BCUT2D eigenvalue weighted by molar-refractivity contribution is -0.0728. The largest absolute Gasteiger partial charge is 0.494 e. The maximum Gasteiger partial charge on any atom is 0.119 e. The van der Waals surface area contributed by atoms with Crippen molar-refractivity contribution in [2.24, 2.45) is 65.1 Å². The number of benzene rings is 5. The van der Waals surface area contributed by atoms with E-state index in [2.05, 4.69) is 225 Å². The Balaban J connectivity index is 1.40. The van der Waals surface area contributed by atoms with Gasteiger partial charge in [-0.15, -0.1) is 0 Å². The van der Waals surface area contributed by atoms with Crippen molar-refractivity contribution >= 4 is 0 Å². The van der Waals surface area contributed by atoms with Crippen molar-refractivity contribution in [3.05, 3.63) is 171 Å². The van der Waals surface area contributed by atoms with Gasteiger partial charge in [-0.3, -0.25) is 0 Å². The summed E-state index contributed by atoms with van der Waals surface area (Å²) in [5.41, 5.74) is 12.3. The molecule has 0 amide bonds. The highest BCUT2D eigenvalue weighted by atomic mass is 16.5. The second kappa shape index (κ2) is 18.7. The molecule has 5 nitrogen and oxygen atoms in total. The van der Waals surface area contributed by atoms with Crippen LogP contribution in [0.4, 0.5) is 0 Å². The van der Waals surface area contributed by atoms with E-state index in [4.69, 9.17) is 23.7 Å². The van der Waals surface area contributed by atoms with E-state index in [9.17, 15) is 0 Å². The Morgan fingerprint density at radius 2 is 0.467 bits per heavy atom. The second-order valence-corrected chi connectivity index (χ2v) is 24.1. The van der Waals surface area contributed by atoms with Gasteiger partial charge >= 0.3 is 0 Å². The number of ether oxygens (including phenoxy) is 5. The fraction of sp³-hybridized carbons (Fsp3) is 0.514. The molecule has 396 valence electrons. The van der Waals surface area contributed by atoms with E-state index in [0.717, 1.165) is 28.7 Å². The van der Waals surface area contributed by atoms with E-state index in [-0.39, 0.29) is 92.2 Å². The van der Waals surface area contributed by atoms with Gasteiger partial charge < -0.3 is 23.7 Å². The highest BCUT2D eigenvalue weighted by molar-refractivity contribution is 5.78. The van der Waals surface area contributed by atoms with Gasteiger partial charge in [0.1, 0.15) is 28.7 Å². The molecule has 0 spiro atoms. The zero-order chi connectivity index (χ0) is 53.1. The summed E-state index contributed by atoms with van der Waals surface area (Å²) in [7, 11) is 0. The smallest absolute Gasteiger partial charge is 0.119 e. The van der Waals surface area contributed by atoms with Gasteiger partial charge in [0.15, 0.2) is 0 Å². The molecule has 0 saturated heterocycles. The van der Waals surface area contributed by atoms with Crippen LogP contribution >= 0.6 is 0 Å². The Hall–Kier alpha value is -5.42. The average molecular weight is 1010 g/mol. The van der Waals surface area contributed by atoms with Gasteiger partial charge in [-0.1, -0.05) is 130 Å². The summed E-state index contributed by atoms with van der Waals surface area (Å²) in [6, 6.07) is 47.8. The van der Waals surface area contributed by atoms with Crippen LogP contribution < -0.4 is 23.7 Å². The van der Waals surface area contributed by atoms with Gasteiger partial charge in [0, 0.05) is 33.0 Å². The summed E-state index contributed by atoms with van der Waals surface area (Å²) < 4.78 is 31.4. The monoisotopic (exact) mass is 1010 g/mol. The SMILES string of the molecule is CCOc1ccc(C23C4=C5C6C7=C4C(c4ccc(OCC)cc4)([C@H](C)[C@@H]2C)[C@@H](C)[C@@H](C)C7(c2ccc(OCC)cc2)[C@@H](C)[C@@H](C)C6(c2ccc(OCC)cc2)[C@@H](C)[C@@H](C)C5(c2ccc(OCC)cc2)[C@@H](C)[C@H]3C)cc1. The lowest BCUT2D eigenvalue weighted by Crippen LogP contribution is -2.70. The Labute approximate surface area is 450 Å². The molecule has 75 heavy (non-hydrogen) atoms. The van der Waals surface area contributed by atoms with Crippen LogP contribution in [0.1, 0.15) is 132 Å².